The summed E-state index contributed by atoms with van der Waals surface area (Å²) in [6, 6.07) is 0. The second-order valence-electron chi connectivity index (χ2n) is 8.97. The van der Waals surface area contributed by atoms with Crippen LogP contribution < -0.4 is 0 Å². The molecule has 0 heterocycles. The Hall–Kier alpha value is -0.940. The first kappa shape index (κ1) is 26.1. The highest BCUT2D eigenvalue weighted by molar-refractivity contribution is 5.83. The monoisotopic (exact) mass is 412 g/mol. The normalized spacial score (nSPS) is 21.5. The van der Waals surface area contributed by atoms with E-state index in [1.165, 1.54) is 52.1 Å². The molecule has 1 N–H and O–H groups in total. The summed E-state index contributed by atoms with van der Waals surface area (Å²) in [4.78, 5) is 24.3. The Kier molecular flexibility index (Phi) is 12.7. The summed E-state index contributed by atoms with van der Waals surface area (Å²) in [6.07, 6.45) is 14.1. The third-order valence-corrected chi connectivity index (χ3v) is 6.20. The predicted octanol–water partition coefficient (Wildman–Crippen LogP) is 5.57. The summed E-state index contributed by atoms with van der Waals surface area (Å²) in [5, 5.41) is 10.4. The molecule has 1 aliphatic carbocycles. The molecule has 0 aromatic heterocycles. The van der Waals surface area contributed by atoms with E-state index in [0.717, 1.165) is 32.1 Å². The van der Waals surface area contributed by atoms with E-state index < -0.39 is 11.8 Å². The first-order valence-corrected chi connectivity index (χ1v) is 11.8. The topological polar surface area (TPSA) is 72.8 Å². The van der Waals surface area contributed by atoms with E-state index in [9.17, 15) is 14.7 Å². The van der Waals surface area contributed by atoms with Crippen LogP contribution in [0.15, 0.2) is 0 Å². The third-order valence-electron chi connectivity index (χ3n) is 6.20. The van der Waals surface area contributed by atoms with Gasteiger partial charge in [0.25, 0.3) is 5.79 Å². The molecule has 170 valence electrons. The van der Waals surface area contributed by atoms with Crippen molar-refractivity contribution in [2.75, 3.05) is 7.11 Å². The van der Waals surface area contributed by atoms with Crippen LogP contribution in [0.1, 0.15) is 111 Å². The summed E-state index contributed by atoms with van der Waals surface area (Å²) in [7, 11) is 1.33. The van der Waals surface area contributed by atoms with E-state index in [1.54, 1.807) is 13.8 Å². The van der Waals surface area contributed by atoms with Crippen LogP contribution in [0.4, 0.5) is 0 Å². The number of Topliss-reactive ketones (excluding diaryl/α,β-unsaturated/α-hetero) is 1. The summed E-state index contributed by atoms with van der Waals surface area (Å²) >= 11 is 0. The van der Waals surface area contributed by atoms with Crippen molar-refractivity contribution in [2.24, 2.45) is 11.8 Å². The molecule has 0 aromatic carbocycles. The Labute approximate surface area is 177 Å². The summed E-state index contributed by atoms with van der Waals surface area (Å²) in [5.41, 5.74) is 0. The van der Waals surface area contributed by atoms with Gasteiger partial charge < -0.3 is 14.6 Å². The van der Waals surface area contributed by atoms with E-state index in [2.05, 4.69) is 6.92 Å². The van der Waals surface area contributed by atoms with E-state index >= 15 is 0 Å². The Bertz CT molecular complexity index is 476. The van der Waals surface area contributed by atoms with Gasteiger partial charge in [0.05, 0.1) is 6.10 Å². The maximum atomic E-state index is 12.3. The minimum absolute atomic E-state index is 0.217. The van der Waals surface area contributed by atoms with Crippen molar-refractivity contribution in [2.45, 2.75) is 123 Å². The minimum Gasteiger partial charge on any atom is -0.459 e. The minimum atomic E-state index is -1.87. The average molecular weight is 413 g/mol. The van der Waals surface area contributed by atoms with Crippen molar-refractivity contribution in [3.8, 4) is 0 Å². The van der Waals surface area contributed by atoms with Gasteiger partial charge in [-0.1, -0.05) is 58.3 Å². The zero-order valence-corrected chi connectivity index (χ0v) is 19.2. The lowest BCUT2D eigenvalue weighted by Crippen LogP contribution is -2.43. The van der Waals surface area contributed by atoms with E-state index in [-0.39, 0.29) is 18.4 Å². The molecule has 5 nitrogen and oxygen atoms in total. The number of rotatable bonds is 16. The van der Waals surface area contributed by atoms with Gasteiger partial charge in [0, 0.05) is 25.9 Å². The number of carbonyl (C=O) groups is 2. The molecule has 1 rings (SSSR count). The number of ketones is 1. The van der Waals surface area contributed by atoms with Gasteiger partial charge in [-0.3, -0.25) is 4.79 Å². The smallest absolute Gasteiger partial charge is 0.366 e. The fourth-order valence-corrected chi connectivity index (χ4v) is 4.41. The van der Waals surface area contributed by atoms with Gasteiger partial charge in [0.15, 0.2) is 0 Å². The van der Waals surface area contributed by atoms with Gasteiger partial charge >= 0.3 is 5.97 Å². The number of hydrogen-bond donors (Lipinski definition) is 1. The van der Waals surface area contributed by atoms with Gasteiger partial charge in [-0.2, -0.15) is 0 Å². The van der Waals surface area contributed by atoms with Crippen molar-refractivity contribution in [3.63, 3.8) is 0 Å². The Morgan fingerprint density at radius 3 is 2.34 bits per heavy atom. The molecular weight excluding hydrogens is 368 g/mol. The average Bonchev–Trinajstić information content (AvgIpc) is 3.03. The molecule has 0 aromatic rings. The lowest BCUT2D eigenvalue weighted by Gasteiger charge is -2.25. The lowest BCUT2D eigenvalue weighted by molar-refractivity contribution is -0.225. The standard InChI is InChI=1S/C24H44O5/c1-5-6-7-8-9-11-14-20-16-17-22(25)21(20)15-12-10-13-18-24(27,28-4)23(26)29-19(2)3/h19-21,27H,5-18H2,1-4H3/t20-,21+,24?/m0/s1. The summed E-state index contributed by atoms with van der Waals surface area (Å²) < 4.78 is 10.1. The molecular formula is C24H44O5. The van der Waals surface area contributed by atoms with Crippen molar-refractivity contribution < 1.29 is 24.2 Å². The Morgan fingerprint density at radius 1 is 1.07 bits per heavy atom. The van der Waals surface area contributed by atoms with Crippen LogP contribution in [0.25, 0.3) is 0 Å². The fourth-order valence-electron chi connectivity index (χ4n) is 4.41. The van der Waals surface area contributed by atoms with E-state index in [1.807, 2.05) is 0 Å². The van der Waals surface area contributed by atoms with Crippen molar-refractivity contribution in [1.29, 1.82) is 0 Å². The Balaban J connectivity index is 2.28. The quantitative estimate of drug-likeness (QED) is 0.204. The first-order chi connectivity index (χ1) is 13.8. The first-order valence-electron chi connectivity index (χ1n) is 11.8. The maximum absolute atomic E-state index is 12.3. The summed E-state index contributed by atoms with van der Waals surface area (Å²) in [6.45, 7) is 5.73. The predicted molar refractivity (Wildman–Crippen MR) is 115 cm³/mol. The molecule has 0 radical (unpaired) electrons. The van der Waals surface area contributed by atoms with E-state index in [0.29, 0.717) is 18.1 Å². The highest BCUT2D eigenvalue weighted by Crippen LogP contribution is 2.36. The third kappa shape index (κ3) is 9.61. The van der Waals surface area contributed by atoms with Crippen molar-refractivity contribution in [1.82, 2.24) is 0 Å². The number of esters is 1. The number of unbranched alkanes of at least 4 members (excludes halogenated alkanes) is 7. The maximum Gasteiger partial charge on any atom is 0.366 e. The molecule has 1 aliphatic rings. The lowest BCUT2D eigenvalue weighted by atomic mass is 9.86. The SMILES string of the molecule is CCCCCCCC[C@H]1CCC(=O)[C@@H]1CCCCCC(O)(OC)C(=O)OC(C)C. The van der Waals surface area contributed by atoms with Crippen LogP contribution in [0, 0.1) is 11.8 Å². The number of methoxy groups -OCH3 is 1. The van der Waals surface area contributed by atoms with Gasteiger partial charge in [-0.05, 0) is 45.4 Å². The van der Waals surface area contributed by atoms with E-state index in [4.69, 9.17) is 9.47 Å². The highest BCUT2D eigenvalue weighted by atomic mass is 16.7. The number of carbonyl (C=O) groups excluding carboxylic acids is 2. The van der Waals surface area contributed by atoms with Gasteiger partial charge in [-0.15, -0.1) is 0 Å². The fraction of sp³-hybridized carbons (Fsp3) is 0.917. The van der Waals surface area contributed by atoms with Gasteiger partial charge in [-0.25, -0.2) is 4.79 Å². The molecule has 0 saturated heterocycles. The zero-order chi connectivity index (χ0) is 21.7. The van der Waals surface area contributed by atoms with Crippen LogP contribution in [0.5, 0.6) is 0 Å². The molecule has 0 aliphatic heterocycles. The molecule has 3 atom stereocenters. The molecule has 5 heteroatoms. The van der Waals surface area contributed by atoms with Gasteiger partial charge in [0.2, 0.25) is 0 Å². The van der Waals surface area contributed by atoms with Gasteiger partial charge in [0.1, 0.15) is 5.78 Å². The van der Waals surface area contributed by atoms with Crippen LogP contribution in [-0.2, 0) is 19.1 Å². The summed E-state index contributed by atoms with van der Waals surface area (Å²) in [5.74, 6) is -1.37. The molecule has 0 spiro atoms. The number of ether oxygens (including phenoxy) is 2. The van der Waals surface area contributed by atoms with Crippen LogP contribution in [0.3, 0.4) is 0 Å². The Morgan fingerprint density at radius 2 is 1.69 bits per heavy atom. The molecule has 0 bridgehead atoms. The second-order valence-corrected chi connectivity index (χ2v) is 8.97. The molecule has 0 amide bonds. The molecule has 1 saturated carbocycles. The number of hydrogen-bond acceptors (Lipinski definition) is 5. The van der Waals surface area contributed by atoms with Crippen molar-refractivity contribution >= 4 is 11.8 Å². The van der Waals surface area contributed by atoms with Crippen molar-refractivity contribution in [3.05, 3.63) is 0 Å². The molecule has 29 heavy (non-hydrogen) atoms. The zero-order valence-electron chi connectivity index (χ0n) is 19.2. The van der Waals surface area contributed by atoms with Crippen LogP contribution in [0.2, 0.25) is 0 Å². The molecule has 1 fully saturated rings. The number of aliphatic hydroxyl groups is 1. The highest BCUT2D eigenvalue weighted by Gasteiger charge is 2.38. The largest absolute Gasteiger partial charge is 0.459 e. The van der Waals surface area contributed by atoms with Crippen LogP contribution >= 0.6 is 0 Å². The second kappa shape index (κ2) is 14.1. The molecule has 1 unspecified atom stereocenters. The van der Waals surface area contributed by atoms with Crippen LogP contribution in [-0.4, -0.2) is 35.9 Å².